The SMILES string of the molecule is N#Cc1c(Nc2ccc(C3CC3)c(F)c2)s[nH]c1=O. The first-order valence-corrected chi connectivity index (χ1v) is 6.68. The molecule has 96 valence electrons. The van der Waals surface area contributed by atoms with E-state index in [4.69, 9.17) is 5.26 Å². The number of aromatic amines is 1. The maximum absolute atomic E-state index is 13.9. The van der Waals surface area contributed by atoms with E-state index in [1.165, 1.54) is 6.07 Å². The Hall–Kier alpha value is -2.13. The molecule has 0 radical (unpaired) electrons. The van der Waals surface area contributed by atoms with Gasteiger partial charge >= 0.3 is 0 Å². The summed E-state index contributed by atoms with van der Waals surface area (Å²) in [5.74, 6) is 0.112. The predicted molar refractivity (Wildman–Crippen MR) is 71.3 cm³/mol. The summed E-state index contributed by atoms with van der Waals surface area (Å²) in [6, 6.07) is 6.76. The standard InChI is InChI=1S/C13H10FN3OS/c14-11-5-8(3-4-9(11)7-1-2-7)16-13-10(6-15)12(18)17-19-13/h3-5,7,16H,1-2H2,(H,17,18). The average Bonchev–Trinajstić information content (AvgIpc) is 3.15. The summed E-state index contributed by atoms with van der Waals surface area (Å²) in [7, 11) is 0. The number of nitrogens with zero attached hydrogens (tertiary/aromatic N) is 1. The zero-order valence-corrected chi connectivity index (χ0v) is 10.7. The van der Waals surface area contributed by atoms with Crippen LogP contribution in [-0.4, -0.2) is 4.37 Å². The number of rotatable bonds is 3. The molecular weight excluding hydrogens is 265 g/mol. The molecule has 6 heteroatoms. The molecule has 1 aliphatic rings. The van der Waals surface area contributed by atoms with Gasteiger partial charge in [0.25, 0.3) is 5.56 Å². The molecule has 3 rings (SSSR count). The number of hydrogen-bond acceptors (Lipinski definition) is 4. The Labute approximate surface area is 112 Å². The van der Waals surface area contributed by atoms with Gasteiger partial charge < -0.3 is 5.32 Å². The lowest BCUT2D eigenvalue weighted by Gasteiger charge is -2.06. The second-order valence-electron chi connectivity index (χ2n) is 4.48. The molecule has 0 atom stereocenters. The molecule has 2 N–H and O–H groups in total. The van der Waals surface area contributed by atoms with Crippen molar-refractivity contribution in [1.82, 2.24) is 4.37 Å². The van der Waals surface area contributed by atoms with Gasteiger partial charge in [0, 0.05) is 5.69 Å². The highest BCUT2D eigenvalue weighted by atomic mass is 32.1. The van der Waals surface area contributed by atoms with Crippen LogP contribution in [0.2, 0.25) is 0 Å². The Bertz CT molecular complexity index is 724. The molecule has 0 saturated heterocycles. The molecule has 0 amide bonds. The van der Waals surface area contributed by atoms with Crippen molar-refractivity contribution in [3.63, 3.8) is 0 Å². The summed E-state index contributed by atoms with van der Waals surface area (Å²) in [5.41, 5.74) is 0.878. The molecule has 1 heterocycles. The third-order valence-corrected chi connectivity index (χ3v) is 3.88. The van der Waals surface area contributed by atoms with Gasteiger partial charge in [0.2, 0.25) is 0 Å². The van der Waals surface area contributed by atoms with Gasteiger partial charge in [-0.05, 0) is 48.0 Å². The van der Waals surface area contributed by atoms with Crippen molar-refractivity contribution in [1.29, 1.82) is 5.26 Å². The minimum absolute atomic E-state index is 0.0247. The molecule has 0 bridgehead atoms. The molecule has 0 aliphatic heterocycles. The average molecular weight is 275 g/mol. The summed E-state index contributed by atoms with van der Waals surface area (Å²) < 4.78 is 16.3. The van der Waals surface area contributed by atoms with Crippen LogP contribution in [0.3, 0.4) is 0 Å². The Morgan fingerprint density at radius 1 is 1.47 bits per heavy atom. The number of nitrogens with one attached hydrogen (secondary N) is 2. The van der Waals surface area contributed by atoms with Crippen LogP contribution in [0, 0.1) is 17.1 Å². The summed E-state index contributed by atoms with van der Waals surface area (Å²) in [6.07, 6.45) is 2.09. The molecular formula is C13H10FN3OS. The van der Waals surface area contributed by atoms with Crippen molar-refractivity contribution in [2.45, 2.75) is 18.8 Å². The highest BCUT2D eigenvalue weighted by Crippen LogP contribution is 2.41. The number of aromatic nitrogens is 1. The van der Waals surface area contributed by atoms with Crippen molar-refractivity contribution in [3.05, 3.63) is 45.5 Å². The third-order valence-electron chi connectivity index (χ3n) is 3.09. The molecule has 0 spiro atoms. The number of H-pyrrole nitrogens is 1. The quantitative estimate of drug-likeness (QED) is 0.904. The van der Waals surface area contributed by atoms with Crippen molar-refractivity contribution < 1.29 is 4.39 Å². The van der Waals surface area contributed by atoms with Gasteiger partial charge in [0.1, 0.15) is 16.9 Å². The van der Waals surface area contributed by atoms with Crippen LogP contribution in [0.15, 0.2) is 23.0 Å². The van der Waals surface area contributed by atoms with Crippen molar-refractivity contribution in [2.75, 3.05) is 5.32 Å². The second-order valence-corrected chi connectivity index (χ2v) is 5.30. The van der Waals surface area contributed by atoms with E-state index in [1.807, 2.05) is 6.07 Å². The van der Waals surface area contributed by atoms with Gasteiger partial charge in [-0.25, -0.2) is 4.39 Å². The molecule has 1 aliphatic carbocycles. The van der Waals surface area contributed by atoms with Crippen LogP contribution in [-0.2, 0) is 0 Å². The van der Waals surface area contributed by atoms with Crippen molar-refractivity contribution in [2.24, 2.45) is 0 Å². The van der Waals surface area contributed by atoms with Crippen LogP contribution in [0.1, 0.15) is 29.9 Å². The number of anilines is 2. The lowest BCUT2D eigenvalue weighted by Crippen LogP contribution is -2.03. The fraction of sp³-hybridized carbons (Fsp3) is 0.231. The number of benzene rings is 1. The van der Waals surface area contributed by atoms with Crippen LogP contribution in [0.5, 0.6) is 0 Å². The number of hydrogen-bond donors (Lipinski definition) is 2. The van der Waals surface area contributed by atoms with Gasteiger partial charge in [-0.3, -0.25) is 9.17 Å². The van der Waals surface area contributed by atoms with Gasteiger partial charge in [-0.15, -0.1) is 0 Å². The predicted octanol–water partition coefficient (Wildman–Crippen LogP) is 3.07. The van der Waals surface area contributed by atoms with E-state index >= 15 is 0 Å². The third kappa shape index (κ3) is 2.25. The highest BCUT2D eigenvalue weighted by Gasteiger charge is 2.26. The smallest absolute Gasteiger partial charge is 0.278 e. The normalized spacial score (nSPS) is 14.1. The van der Waals surface area contributed by atoms with E-state index < -0.39 is 5.56 Å². The van der Waals surface area contributed by atoms with E-state index in [2.05, 4.69) is 9.69 Å². The summed E-state index contributed by atoms with van der Waals surface area (Å²) >= 11 is 1.03. The topological polar surface area (TPSA) is 68.7 Å². The van der Waals surface area contributed by atoms with E-state index in [9.17, 15) is 9.18 Å². The first-order chi connectivity index (χ1) is 9.19. The first kappa shape index (κ1) is 11.9. The minimum Gasteiger partial charge on any atom is -0.345 e. The van der Waals surface area contributed by atoms with E-state index in [-0.39, 0.29) is 11.4 Å². The lowest BCUT2D eigenvalue weighted by atomic mass is 10.1. The van der Waals surface area contributed by atoms with Crippen LogP contribution < -0.4 is 10.9 Å². The Kier molecular flexibility index (Phi) is 2.84. The molecule has 1 fully saturated rings. The molecule has 19 heavy (non-hydrogen) atoms. The zero-order chi connectivity index (χ0) is 13.4. The van der Waals surface area contributed by atoms with Crippen molar-refractivity contribution in [3.8, 4) is 6.07 Å². The van der Waals surface area contributed by atoms with Crippen molar-refractivity contribution >= 4 is 22.2 Å². The maximum Gasteiger partial charge on any atom is 0.278 e. The Balaban J connectivity index is 1.89. The fourth-order valence-corrected chi connectivity index (χ4v) is 2.66. The van der Waals surface area contributed by atoms with E-state index in [0.29, 0.717) is 16.6 Å². The van der Waals surface area contributed by atoms with Gasteiger partial charge in [-0.2, -0.15) is 5.26 Å². The number of nitriles is 1. The van der Waals surface area contributed by atoms with E-state index in [0.717, 1.165) is 29.9 Å². The van der Waals surface area contributed by atoms with Crippen LogP contribution in [0.4, 0.5) is 15.1 Å². The molecule has 1 aromatic heterocycles. The lowest BCUT2D eigenvalue weighted by molar-refractivity contribution is 0.611. The molecule has 0 unspecified atom stereocenters. The first-order valence-electron chi connectivity index (χ1n) is 5.87. The van der Waals surface area contributed by atoms with E-state index in [1.54, 1.807) is 12.1 Å². The molecule has 1 aromatic carbocycles. The number of halogens is 1. The minimum atomic E-state index is -0.426. The largest absolute Gasteiger partial charge is 0.345 e. The highest BCUT2D eigenvalue weighted by molar-refractivity contribution is 7.10. The van der Waals surface area contributed by atoms with Gasteiger partial charge in [0.15, 0.2) is 5.56 Å². The Morgan fingerprint density at radius 3 is 2.89 bits per heavy atom. The van der Waals surface area contributed by atoms with Gasteiger partial charge in [0.05, 0.1) is 0 Å². The molecule has 1 saturated carbocycles. The summed E-state index contributed by atoms with van der Waals surface area (Å²) in [6.45, 7) is 0. The fourth-order valence-electron chi connectivity index (χ4n) is 1.95. The summed E-state index contributed by atoms with van der Waals surface area (Å²) in [4.78, 5) is 11.3. The second kappa shape index (κ2) is 4.52. The van der Waals surface area contributed by atoms with Crippen LogP contribution in [0.25, 0.3) is 0 Å². The molecule has 2 aromatic rings. The monoisotopic (exact) mass is 275 g/mol. The summed E-state index contributed by atoms with van der Waals surface area (Å²) in [5, 5.41) is 12.2. The van der Waals surface area contributed by atoms with Crippen LogP contribution >= 0.6 is 11.5 Å². The van der Waals surface area contributed by atoms with Gasteiger partial charge in [-0.1, -0.05) is 6.07 Å². The molecule has 4 nitrogen and oxygen atoms in total. The zero-order valence-electron chi connectivity index (χ0n) is 9.87. The Morgan fingerprint density at radius 2 is 2.26 bits per heavy atom. The maximum atomic E-state index is 13.9.